The number of hydrogen-bond donors (Lipinski definition) is 0. The maximum Gasteiger partial charge on any atom is 0.338 e. The summed E-state index contributed by atoms with van der Waals surface area (Å²) in [7, 11) is 0. The number of hydrogen-bond acceptors (Lipinski definition) is 5. The van der Waals surface area contributed by atoms with Crippen molar-refractivity contribution >= 4 is 23.7 Å². The van der Waals surface area contributed by atoms with Gasteiger partial charge in [-0.25, -0.2) is 9.18 Å². The van der Waals surface area contributed by atoms with Gasteiger partial charge in [-0.15, -0.1) is 11.8 Å². The molecule has 1 aliphatic rings. The predicted octanol–water partition coefficient (Wildman–Crippen LogP) is 2.96. The van der Waals surface area contributed by atoms with E-state index < -0.39 is 29.7 Å². The zero-order valence-corrected chi connectivity index (χ0v) is 12.6. The fourth-order valence-electron chi connectivity index (χ4n) is 2.15. The van der Waals surface area contributed by atoms with Crippen LogP contribution in [-0.2, 0) is 14.3 Å². The average Bonchev–Trinajstić information content (AvgIpc) is 2.76. The van der Waals surface area contributed by atoms with E-state index in [0.29, 0.717) is 12.0 Å². The number of carbonyl (C=O) groups excluding carboxylic acids is 2. The number of rotatable bonds is 4. The minimum Gasteiger partial charge on any atom is -0.451 e. The van der Waals surface area contributed by atoms with Crippen molar-refractivity contribution in [2.45, 2.75) is 43.2 Å². The number of esters is 2. The summed E-state index contributed by atoms with van der Waals surface area (Å²) < 4.78 is 24.7. The van der Waals surface area contributed by atoms with Crippen LogP contribution in [0.15, 0.2) is 30.3 Å². The maximum absolute atomic E-state index is 14.3. The van der Waals surface area contributed by atoms with E-state index in [2.05, 4.69) is 0 Å². The summed E-state index contributed by atoms with van der Waals surface area (Å²) in [6.07, 6.45) is -1.85. The Kier molecular flexibility index (Phi) is 5.22. The van der Waals surface area contributed by atoms with Crippen LogP contribution < -0.4 is 0 Å². The molecule has 1 aromatic carbocycles. The molecule has 0 N–H and O–H groups in total. The fraction of sp³-hybridized carbons (Fsp3) is 0.467. The summed E-state index contributed by atoms with van der Waals surface area (Å²) in [4.78, 5) is 23.1. The first-order chi connectivity index (χ1) is 10.0. The molecule has 1 fully saturated rings. The summed E-state index contributed by atoms with van der Waals surface area (Å²) in [6.45, 7) is 3.10. The van der Waals surface area contributed by atoms with E-state index in [-0.39, 0.29) is 5.25 Å². The minimum absolute atomic E-state index is 0.344. The summed E-state index contributed by atoms with van der Waals surface area (Å²) in [6, 6.07) is 8.36. The molecule has 0 aromatic heterocycles. The zero-order valence-electron chi connectivity index (χ0n) is 11.8. The van der Waals surface area contributed by atoms with Crippen LogP contribution in [0.25, 0.3) is 0 Å². The van der Waals surface area contributed by atoms with Crippen LogP contribution in [0, 0.1) is 0 Å². The molecular formula is C15H17FO4S. The molecule has 4 atom stereocenters. The molecule has 114 valence electrons. The maximum atomic E-state index is 14.3. The van der Waals surface area contributed by atoms with Gasteiger partial charge in [0, 0.05) is 12.2 Å². The summed E-state index contributed by atoms with van der Waals surface area (Å²) in [5, 5.41) is -0.345. The van der Waals surface area contributed by atoms with E-state index in [9.17, 15) is 14.0 Å². The Bertz CT molecular complexity index is 508. The lowest BCUT2D eigenvalue weighted by Crippen LogP contribution is -2.36. The Hall–Kier alpha value is -1.56. The van der Waals surface area contributed by atoms with Crippen molar-refractivity contribution in [2.24, 2.45) is 0 Å². The number of benzene rings is 1. The van der Waals surface area contributed by atoms with Crippen LogP contribution in [0.5, 0.6) is 0 Å². The Morgan fingerprint density at radius 1 is 1.24 bits per heavy atom. The van der Waals surface area contributed by atoms with Gasteiger partial charge < -0.3 is 9.47 Å². The Morgan fingerprint density at radius 3 is 2.48 bits per heavy atom. The highest BCUT2D eigenvalue weighted by Crippen LogP contribution is 2.40. The van der Waals surface area contributed by atoms with Crippen molar-refractivity contribution in [1.82, 2.24) is 0 Å². The van der Waals surface area contributed by atoms with Crippen molar-refractivity contribution < 1.29 is 23.5 Å². The third-order valence-electron chi connectivity index (χ3n) is 3.18. The van der Waals surface area contributed by atoms with Crippen molar-refractivity contribution in [1.29, 1.82) is 0 Å². The predicted molar refractivity (Wildman–Crippen MR) is 77.8 cm³/mol. The summed E-state index contributed by atoms with van der Waals surface area (Å²) in [5.41, 5.74) is -0.452. The lowest BCUT2D eigenvalue weighted by Gasteiger charge is -2.20. The molecule has 1 unspecified atom stereocenters. The largest absolute Gasteiger partial charge is 0.451 e. The summed E-state index contributed by atoms with van der Waals surface area (Å²) >= 11 is 1.20. The Labute approximate surface area is 127 Å². The molecule has 0 spiro atoms. The van der Waals surface area contributed by atoms with E-state index >= 15 is 0 Å². The van der Waals surface area contributed by atoms with Crippen molar-refractivity contribution in [3.05, 3.63) is 35.9 Å². The lowest BCUT2D eigenvalue weighted by molar-refractivity contribution is -0.147. The monoisotopic (exact) mass is 312 g/mol. The number of halogens is 1. The second-order valence-corrected chi connectivity index (χ2v) is 6.08. The van der Waals surface area contributed by atoms with Gasteiger partial charge in [0.05, 0.1) is 5.56 Å². The summed E-state index contributed by atoms with van der Waals surface area (Å²) in [5.74, 6) is -1.13. The molecule has 2 rings (SSSR count). The van der Waals surface area contributed by atoms with E-state index in [1.54, 1.807) is 30.3 Å². The second kappa shape index (κ2) is 6.93. The molecule has 0 bridgehead atoms. The van der Waals surface area contributed by atoms with E-state index in [1.807, 2.05) is 6.92 Å². The lowest BCUT2D eigenvalue weighted by atomic mass is 10.1. The van der Waals surface area contributed by atoms with E-state index in [0.717, 1.165) is 0 Å². The zero-order chi connectivity index (χ0) is 15.4. The van der Waals surface area contributed by atoms with Gasteiger partial charge in [-0.1, -0.05) is 25.1 Å². The highest BCUT2D eigenvalue weighted by Gasteiger charge is 2.48. The number of ether oxygens (including phenoxy) is 2. The molecule has 0 saturated carbocycles. The first kappa shape index (κ1) is 15.8. The molecule has 1 aromatic rings. The standard InChI is InChI=1S/C15H17FO4S/c1-3-11-12(16)13(15(21-11)19-9(2)17)20-14(18)10-7-5-4-6-8-10/h4-8,11-13,15H,3H2,1-2H3/t11-,12-,13-,15?/m1/s1. The smallest absolute Gasteiger partial charge is 0.338 e. The Morgan fingerprint density at radius 2 is 1.90 bits per heavy atom. The normalized spacial score (nSPS) is 28.1. The van der Waals surface area contributed by atoms with Gasteiger partial charge in [-0.3, -0.25) is 4.79 Å². The average molecular weight is 312 g/mol. The number of carbonyl (C=O) groups is 2. The van der Waals surface area contributed by atoms with E-state index in [4.69, 9.17) is 9.47 Å². The minimum atomic E-state index is -1.35. The first-order valence-electron chi connectivity index (χ1n) is 6.75. The Balaban J connectivity index is 2.11. The molecule has 4 nitrogen and oxygen atoms in total. The topological polar surface area (TPSA) is 52.6 Å². The van der Waals surface area contributed by atoms with Gasteiger partial charge >= 0.3 is 11.9 Å². The fourth-order valence-corrected chi connectivity index (χ4v) is 3.55. The third kappa shape index (κ3) is 3.75. The van der Waals surface area contributed by atoms with Crippen LogP contribution in [0.3, 0.4) is 0 Å². The van der Waals surface area contributed by atoms with Gasteiger partial charge in [0.25, 0.3) is 0 Å². The van der Waals surface area contributed by atoms with Crippen LogP contribution >= 0.6 is 11.8 Å². The van der Waals surface area contributed by atoms with Gasteiger partial charge in [-0.05, 0) is 18.6 Å². The molecule has 0 amide bonds. The van der Waals surface area contributed by atoms with Gasteiger partial charge in [-0.2, -0.15) is 0 Å². The molecule has 21 heavy (non-hydrogen) atoms. The molecule has 6 heteroatoms. The second-order valence-electron chi connectivity index (χ2n) is 4.74. The van der Waals surface area contributed by atoms with Crippen molar-refractivity contribution in [3.63, 3.8) is 0 Å². The highest BCUT2D eigenvalue weighted by molar-refractivity contribution is 8.00. The van der Waals surface area contributed by atoms with Gasteiger partial charge in [0.15, 0.2) is 17.7 Å². The number of thioether (sulfide) groups is 1. The number of alkyl halides is 1. The quantitative estimate of drug-likeness (QED) is 0.800. The first-order valence-corrected chi connectivity index (χ1v) is 7.70. The molecule has 0 aliphatic carbocycles. The van der Waals surface area contributed by atoms with Crippen molar-refractivity contribution in [3.8, 4) is 0 Å². The van der Waals surface area contributed by atoms with Crippen LogP contribution in [-0.4, -0.2) is 34.9 Å². The molecule has 0 radical (unpaired) electrons. The van der Waals surface area contributed by atoms with E-state index in [1.165, 1.54) is 18.7 Å². The van der Waals surface area contributed by atoms with Crippen LogP contribution in [0.1, 0.15) is 30.6 Å². The van der Waals surface area contributed by atoms with Crippen molar-refractivity contribution in [2.75, 3.05) is 0 Å². The molecule has 1 heterocycles. The molecule has 1 aliphatic heterocycles. The molecular weight excluding hydrogens is 295 g/mol. The van der Waals surface area contributed by atoms with Crippen LogP contribution in [0.4, 0.5) is 4.39 Å². The van der Waals surface area contributed by atoms with Gasteiger partial charge in [0.2, 0.25) is 0 Å². The highest BCUT2D eigenvalue weighted by atomic mass is 32.2. The molecule has 1 saturated heterocycles. The van der Waals surface area contributed by atoms with Gasteiger partial charge in [0.1, 0.15) is 0 Å². The third-order valence-corrected chi connectivity index (χ3v) is 4.76. The SMILES string of the molecule is CC[C@H]1SC(OC(C)=O)[C@H](OC(=O)c2ccccc2)[C@@H]1F. The van der Waals surface area contributed by atoms with Crippen LogP contribution in [0.2, 0.25) is 0 Å².